The van der Waals surface area contributed by atoms with Crippen molar-refractivity contribution in [2.75, 3.05) is 6.61 Å². The number of hydrogen-bond donors (Lipinski definition) is 1. The van der Waals surface area contributed by atoms with E-state index in [-0.39, 0.29) is 17.5 Å². The lowest BCUT2D eigenvalue weighted by molar-refractivity contribution is -0.154. The van der Waals surface area contributed by atoms with Gasteiger partial charge in [-0.2, -0.15) is 10.1 Å². The highest BCUT2D eigenvalue weighted by Crippen LogP contribution is 2.66. The monoisotopic (exact) mass is 365 g/mol. The van der Waals surface area contributed by atoms with Crippen molar-refractivity contribution >= 4 is 17.7 Å². The van der Waals surface area contributed by atoms with E-state index in [0.717, 1.165) is 6.42 Å². The second-order valence-electron chi connectivity index (χ2n) is 8.53. The number of hydrazone groups is 1. The number of fused-ring (bicyclic) bond motifs is 1. The van der Waals surface area contributed by atoms with Crippen LogP contribution in [0.4, 0.5) is 4.79 Å². The fraction of sp³-hybridized carbons (Fsp3) is 0.842. The summed E-state index contributed by atoms with van der Waals surface area (Å²) in [6, 6.07) is -0.660. The molecule has 0 aromatic carbocycles. The predicted octanol–water partition coefficient (Wildman–Crippen LogP) is 2.74. The summed E-state index contributed by atoms with van der Waals surface area (Å²) in [7, 11) is 0. The van der Waals surface area contributed by atoms with E-state index in [2.05, 4.69) is 25.9 Å². The fourth-order valence-corrected chi connectivity index (χ4v) is 4.94. The molecule has 2 N–H and O–H groups in total. The number of rotatable bonds is 4. The van der Waals surface area contributed by atoms with Gasteiger partial charge in [-0.1, -0.05) is 20.8 Å². The van der Waals surface area contributed by atoms with Crippen molar-refractivity contribution in [2.24, 2.45) is 39.9 Å². The van der Waals surface area contributed by atoms with Crippen LogP contribution < -0.4 is 5.73 Å². The first-order chi connectivity index (χ1) is 12.2. The molecule has 0 unspecified atom stereocenters. The van der Waals surface area contributed by atoms with E-state index < -0.39 is 18.2 Å². The van der Waals surface area contributed by atoms with Gasteiger partial charge in [-0.3, -0.25) is 4.79 Å². The average Bonchev–Trinajstić information content (AvgIpc) is 3.12. The van der Waals surface area contributed by atoms with Crippen molar-refractivity contribution in [3.05, 3.63) is 0 Å². The molecule has 0 radical (unpaired) electrons. The number of urea groups is 1. The molecule has 3 aliphatic rings. The summed E-state index contributed by atoms with van der Waals surface area (Å²) < 4.78 is 11.6. The lowest BCUT2D eigenvalue weighted by Crippen LogP contribution is -2.51. The lowest BCUT2D eigenvalue weighted by Gasteiger charge is -2.38. The molecule has 7 heteroatoms. The van der Waals surface area contributed by atoms with E-state index >= 15 is 0 Å². The highest BCUT2D eigenvalue weighted by atomic mass is 16.5. The largest absolute Gasteiger partial charge is 0.465 e. The van der Waals surface area contributed by atoms with Crippen molar-refractivity contribution < 1.29 is 19.1 Å². The van der Waals surface area contributed by atoms with Gasteiger partial charge < -0.3 is 15.2 Å². The van der Waals surface area contributed by atoms with E-state index in [1.165, 1.54) is 11.4 Å². The van der Waals surface area contributed by atoms with Crippen molar-refractivity contribution in [3.63, 3.8) is 0 Å². The Balaban J connectivity index is 1.80. The van der Waals surface area contributed by atoms with Gasteiger partial charge in [-0.25, -0.2) is 4.79 Å². The minimum absolute atomic E-state index is 0.0482. The van der Waals surface area contributed by atoms with Gasteiger partial charge in [0.1, 0.15) is 5.92 Å². The molecule has 2 saturated carbocycles. The van der Waals surface area contributed by atoms with Crippen LogP contribution >= 0.6 is 0 Å². The third-order valence-electron chi connectivity index (χ3n) is 6.58. The van der Waals surface area contributed by atoms with Crippen LogP contribution in [0.3, 0.4) is 0 Å². The summed E-state index contributed by atoms with van der Waals surface area (Å²) in [5, 5.41) is 5.45. The van der Waals surface area contributed by atoms with Crippen LogP contribution in [-0.2, 0) is 14.3 Å². The first-order valence-corrected chi connectivity index (χ1v) is 9.64. The van der Waals surface area contributed by atoms with Crippen molar-refractivity contribution in [3.8, 4) is 0 Å². The molecule has 7 nitrogen and oxygen atoms in total. The number of nitrogens with zero attached hydrogens (tertiary/aromatic N) is 2. The minimum atomic E-state index is -0.660. The summed E-state index contributed by atoms with van der Waals surface area (Å²) >= 11 is 0. The maximum Gasteiger partial charge on any atom is 0.337 e. The summed E-state index contributed by atoms with van der Waals surface area (Å²) in [6.45, 7) is 10.6. The van der Waals surface area contributed by atoms with Crippen LogP contribution in [0.2, 0.25) is 0 Å². The van der Waals surface area contributed by atoms with Gasteiger partial charge >= 0.3 is 12.0 Å². The van der Waals surface area contributed by atoms with E-state index in [1.807, 2.05) is 0 Å². The number of ether oxygens (including phenoxy) is 2. The topological polar surface area (TPSA) is 94.2 Å². The number of primary amides is 1. The first-order valence-electron chi connectivity index (χ1n) is 9.64. The van der Waals surface area contributed by atoms with E-state index in [9.17, 15) is 9.59 Å². The summed E-state index contributed by atoms with van der Waals surface area (Å²) in [5.74, 6) is 0.723. The van der Waals surface area contributed by atoms with Gasteiger partial charge in [0, 0.05) is 6.42 Å². The molecule has 0 aromatic rings. The Hall–Kier alpha value is -1.63. The van der Waals surface area contributed by atoms with Crippen LogP contribution in [0.1, 0.15) is 53.9 Å². The van der Waals surface area contributed by atoms with Crippen molar-refractivity contribution in [1.82, 2.24) is 5.01 Å². The van der Waals surface area contributed by atoms with E-state index in [4.69, 9.17) is 15.2 Å². The van der Waals surface area contributed by atoms with Gasteiger partial charge in [0.05, 0.1) is 18.4 Å². The number of carbonyl (C=O) groups is 2. The molecule has 0 saturated heterocycles. The highest BCUT2D eigenvalue weighted by Gasteiger charge is 2.64. The van der Waals surface area contributed by atoms with Gasteiger partial charge in [0.25, 0.3) is 0 Å². The minimum Gasteiger partial charge on any atom is -0.465 e. The molecule has 0 bridgehead atoms. The fourth-order valence-electron chi connectivity index (χ4n) is 4.94. The van der Waals surface area contributed by atoms with Crippen LogP contribution in [0, 0.1) is 29.1 Å². The average molecular weight is 365 g/mol. The number of nitrogens with two attached hydrogens (primary N) is 1. The Bertz CT molecular complexity index is 618. The molecule has 2 aliphatic carbocycles. The zero-order chi connectivity index (χ0) is 19.2. The standard InChI is InChI=1S/C19H31N3O4/c1-6-25-17(23)12-9-14(22(18(20)24)21-11(12)3)26-16-10(2)7-8-13-15(16)19(13,4)5/h10,12-16H,6-9H2,1-5H3,(H2,20,24)/t10-,12-,13+,14+,15-,16+/m0/s1. The van der Waals surface area contributed by atoms with Gasteiger partial charge in [-0.05, 0) is 49.9 Å². The molecular weight excluding hydrogens is 334 g/mol. The normalized spacial score (nSPS) is 38.2. The molecule has 1 heterocycles. The highest BCUT2D eigenvalue weighted by molar-refractivity contribution is 6.01. The van der Waals surface area contributed by atoms with Crippen LogP contribution in [0.5, 0.6) is 0 Å². The summed E-state index contributed by atoms with van der Waals surface area (Å²) in [6.07, 6.45) is 2.09. The molecule has 2 fully saturated rings. The van der Waals surface area contributed by atoms with Gasteiger partial charge in [-0.15, -0.1) is 0 Å². The van der Waals surface area contributed by atoms with Gasteiger partial charge in [0.15, 0.2) is 6.23 Å². The Morgan fingerprint density at radius 1 is 1.35 bits per heavy atom. The second kappa shape index (κ2) is 6.83. The summed E-state index contributed by atoms with van der Waals surface area (Å²) in [5.41, 5.74) is 6.32. The predicted molar refractivity (Wildman–Crippen MR) is 97.1 cm³/mol. The molecule has 146 valence electrons. The van der Waals surface area contributed by atoms with Crippen molar-refractivity contribution in [1.29, 1.82) is 0 Å². The SMILES string of the molecule is CCOC(=O)[C@H]1C[C@@H](O[C@H]2[C@@H]3[C@@H](CC[C@@H]2C)C3(C)C)N(C(N)=O)N=C1C. The second-order valence-corrected chi connectivity index (χ2v) is 8.53. The number of carbonyl (C=O) groups excluding carboxylic acids is 2. The molecule has 2 amide bonds. The zero-order valence-corrected chi connectivity index (χ0v) is 16.4. The summed E-state index contributed by atoms with van der Waals surface area (Å²) in [4.78, 5) is 24.2. The Morgan fingerprint density at radius 2 is 2.04 bits per heavy atom. The maximum atomic E-state index is 12.3. The number of hydrogen-bond acceptors (Lipinski definition) is 5. The Kier molecular flexibility index (Phi) is 5.03. The lowest BCUT2D eigenvalue weighted by atomic mass is 9.87. The molecule has 0 aromatic heterocycles. The quantitative estimate of drug-likeness (QED) is 0.775. The van der Waals surface area contributed by atoms with E-state index in [0.29, 0.717) is 36.5 Å². The molecule has 0 spiro atoms. The molecule has 6 atom stereocenters. The van der Waals surface area contributed by atoms with E-state index in [1.54, 1.807) is 13.8 Å². The van der Waals surface area contributed by atoms with Gasteiger partial charge in [0.2, 0.25) is 0 Å². The number of amides is 2. The van der Waals surface area contributed by atoms with Crippen LogP contribution in [0.15, 0.2) is 5.10 Å². The third kappa shape index (κ3) is 3.21. The number of esters is 1. The zero-order valence-electron chi connectivity index (χ0n) is 16.4. The smallest absolute Gasteiger partial charge is 0.337 e. The Morgan fingerprint density at radius 3 is 2.65 bits per heavy atom. The maximum absolute atomic E-state index is 12.3. The molecule has 26 heavy (non-hydrogen) atoms. The first kappa shape index (κ1) is 19.1. The third-order valence-corrected chi connectivity index (χ3v) is 6.58. The molecular formula is C19H31N3O4. The Labute approximate surface area is 155 Å². The molecule has 1 aliphatic heterocycles. The molecule has 3 rings (SSSR count). The van der Waals surface area contributed by atoms with Crippen LogP contribution in [-0.4, -0.2) is 41.7 Å². The van der Waals surface area contributed by atoms with Crippen molar-refractivity contribution in [2.45, 2.75) is 66.2 Å². The van der Waals surface area contributed by atoms with Crippen LogP contribution in [0.25, 0.3) is 0 Å².